The smallest absolute Gasteiger partial charge is 0.152 e. The highest BCUT2D eigenvalue weighted by Crippen LogP contribution is 2.22. The minimum atomic E-state index is 0.494. The standard InChI is InChI=1S/C23H15NO2/c1-26-21-10-9-17-12-16(6-8-18(17)14-21)7-11-23-20(15-25)13-19-4-2-3-5-22(19)24-23/h2-6,8-10,12-15H,1H3. The van der Waals surface area contributed by atoms with E-state index in [0.29, 0.717) is 11.3 Å². The highest BCUT2D eigenvalue weighted by Gasteiger charge is 2.04. The van der Waals surface area contributed by atoms with Gasteiger partial charge in [0.05, 0.1) is 12.6 Å². The lowest BCUT2D eigenvalue weighted by Gasteiger charge is -2.03. The van der Waals surface area contributed by atoms with Crippen LogP contribution in [0.5, 0.6) is 5.75 Å². The number of carbonyl (C=O) groups is 1. The van der Waals surface area contributed by atoms with Gasteiger partial charge in [0.1, 0.15) is 11.4 Å². The first kappa shape index (κ1) is 15.9. The van der Waals surface area contributed by atoms with E-state index in [2.05, 4.69) is 16.8 Å². The Bertz CT molecular complexity index is 1200. The Kier molecular flexibility index (Phi) is 4.09. The quantitative estimate of drug-likeness (QED) is 0.396. The van der Waals surface area contributed by atoms with E-state index in [4.69, 9.17) is 4.74 Å². The predicted octanol–water partition coefficient (Wildman–Crippen LogP) is 4.61. The Morgan fingerprint density at radius 2 is 1.69 bits per heavy atom. The molecule has 0 radical (unpaired) electrons. The number of ether oxygens (including phenoxy) is 1. The summed E-state index contributed by atoms with van der Waals surface area (Å²) in [6.45, 7) is 0. The number of methoxy groups -OCH3 is 1. The van der Waals surface area contributed by atoms with Crippen LogP contribution in [0.2, 0.25) is 0 Å². The Balaban J connectivity index is 1.76. The van der Waals surface area contributed by atoms with Crippen LogP contribution in [0.1, 0.15) is 21.6 Å². The molecule has 0 fully saturated rings. The van der Waals surface area contributed by atoms with Crippen molar-refractivity contribution in [3.05, 3.63) is 83.6 Å². The molecule has 0 aliphatic rings. The van der Waals surface area contributed by atoms with Crippen molar-refractivity contribution in [1.82, 2.24) is 4.98 Å². The molecule has 0 atom stereocenters. The minimum absolute atomic E-state index is 0.494. The molecule has 1 heterocycles. The van der Waals surface area contributed by atoms with E-state index in [1.54, 1.807) is 7.11 Å². The number of para-hydroxylation sites is 1. The molecule has 1 aromatic heterocycles. The number of nitrogens with zero attached hydrogens (tertiary/aromatic N) is 1. The van der Waals surface area contributed by atoms with Crippen molar-refractivity contribution in [2.45, 2.75) is 0 Å². The molecule has 0 spiro atoms. The van der Waals surface area contributed by atoms with E-state index in [9.17, 15) is 4.79 Å². The zero-order valence-corrected chi connectivity index (χ0v) is 14.2. The number of benzene rings is 3. The Hall–Kier alpha value is -3.64. The summed E-state index contributed by atoms with van der Waals surface area (Å²) in [5.74, 6) is 6.99. The maximum absolute atomic E-state index is 11.4. The van der Waals surface area contributed by atoms with Crippen LogP contribution in [0.25, 0.3) is 21.7 Å². The second-order valence-electron chi connectivity index (χ2n) is 5.91. The number of rotatable bonds is 2. The third-order valence-corrected chi connectivity index (χ3v) is 4.25. The van der Waals surface area contributed by atoms with Crippen LogP contribution in [-0.4, -0.2) is 18.4 Å². The van der Waals surface area contributed by atoms with Crippen molar-refractivity contribution in [1.29, 1.82) is 0 Å². The Morgan fingerprint density at radius 3 is 2.54 bits per heavy atom. The lowest BCUT2D eigenvalue weighted by Crippen LogP contribution is -1.93. The lowest BCUT2D eigenvalue weighted by molar-refractivity contribution is 0.112. The molecule has 3 nitrogen and oxygen atoms in total. The summed E-state index contributed by atoms with van der Waals surface area (Å²) >= 11 is 0. The van der Waals surface area contributed by atoms with Crippen LogP contribution in [0.4, 0.5) is 0 Å². The largest absolute Gasteiger partial charge is 0.497 e. The normalized spacial score (nSPS) is 10.3. The summed E-state index contributed by atoms with van der Waals surface area (Å²) in [6, 6.07) is 21.4. The summed E-state index contributed by atoms with van der Waals surface area (Å²) in [5.41, 5.74) is 2.69. The summed E-state index contributed by atoms with van der Waals surface area (Å²) in [4.78, 5) is 15.9. The van der Waals surface area contributed by atoms with Crippen molar-refractivity contribution >= 4 is 28.0 Å². The van der Waals surface area contributed by atoms with Gasteiger partial charge in [0, 0.05) is 16.5 Å². The first-order valence-electron chi connectivity index (χ1n) is 8.21. The molecule has 0 N–H and O–H groups in total. The zero-order valence-electron chi connectivity index (χ0n) is 14.2. The average Bonchev–Trinajstić information content (AvgIpc) is 2.70. The van der Waals surface area contributed by atoms with Crippen LogP contribution < -0.4 is 4.74 Å². The molecule has 124 valence electrons. The SMILES string of the molecule is COc1ccc2cc(C#Cc3nc4ccccc4cc3C=O)ccc2c1. The Morgan fingerprint density at radius 1 is 0.885 bits per heavy atom. The van der Waals surface area contributed by atoms with E-state index in [-0.39, 0.29) is 0 Å². The fourth-order valence-electron chi connectivity index (χ4n) is 2.88. The molecule has 0 unspecified atom stereocenters. The number of aldehydes is 1. The van der Waals surface area contributed by atoms with Gasteiger partial charge in [0.15, 0.2) is 6.29 Å². The van der Waals surface area contributed by atoms with E-state index in [1.165, 1.54) is 0 Å². The highest BCUT2D eigenvalue weighted by molar-refractivity contribution is 5.89. The van der Waals surface area contributed by atoms with Crippen LogP contribution in [0.15, 0.2) is 66.7 Å². The molecule has 0 aliphatic carbocycles. The second kappa shape index (κ2) is 6.70. The predicted molar refractivity (Wildman–Crippen MR) is 104 cm³/mol. The van der Waals surface area contributed by atoms with E-state index in [0.717, 1.165) is 39.3 Å². The number of fused-ring (bicyclic) bond motifs is 2. The van der Waals surface area contributed by atoms with Crippen LogP contribution in [0, 0.1) is 11.8 Å². The minimum Gasteiger partial charge on any atom is -0.497 e. The summed E-state index contributed by atoms with van der Waals surface area (Å²) in [5, 5.41) is 3.10. The molecule has 0 bridgehead atoms. The van der Waals surface area contributed by atoms with Crippen LogP contribution in [0.3, 0.4) is 0 Å². The third-order valence-electron chi connectivity index (χ3n) is 4.25. The van der Waals surface area contributed by atoms with E-state index in [1.807, 2.05) is 66.7 Å². The zero-order chi connectivity index (χ0) is 17.9. The summed E-state index contributed by atoms with van der Waals surface area (Å²) in [6.07, 6.45) is 0.802. The number of hydrogen-bond donors (Lipinski definition) is 0. The molecule has 0 aliphatic heterocycles. The van der Waals surface area contributed by atoms with Gasteiger partial charge in [-0.25, -0.2) is 4.98 Å². The molecule has 4 aromatic rings. The molecule has 0 saturated carbocycles. The molecular formula is C23H15NO2. The average molecular weight is 337 g/mol. The Labute approximate surface area is 151 Å². The van der Waals surface area contributed by atoms with Gasteiger partial charge in [0.2, 0.25) is 0 Å². The van der Waals surface area contributed by atoms with Crippen molar-refractivity contribution in [2.24, 2.45) is 0 Å². The van der Waals surface area contributed by atoms with Crippen molar-refractivity contribution in [3.63, 3.8) is 0 Å². The highest BCUT2D eigenvalue weighted by atomic mass is 16.5. The van der Waals surface area contributed by atoms with Gasteiger partial charge in [-0.05, 0) is 53.1 Å². The first-order chi connectivity index (χ1) is 12.8. The van der Waals surface area contributed by atoms with Gasteiger partial charge in [-0.15, -0.1) is 0 Å². The summed E-state index contributed by atoms with van der Waals surface area (Å²) in [7, 11) is 1.65. The molecule has 26 heavy (non-hydrogen) atoms. The van der Waals surface area contributed by atoms with Gasteiger partial charge in [-0.2, -0.15) is 0 Å². The maximum Gasteiger partial charge on any atom is 0.152 e. The number of pyridine rings is 1. The molecule has 3 heteroatoms. The summed E-state index contributed by atoms with van der Waals surface area (Å²) < 4.78 is 5.25. The van der Waals surface area contributed by atoms with Gasteiger partial charge < -0.3 is 4.74 Å². The molecule has 0 saturated heterocycles. The topological polar surface area (TPSA) is 39.2 Å². The van der Waals surface area contributed by atoms with E-state index < -0.39 is 0 Å². The molecule has 4 rings (SSSR count). The van der Waals surface area contributed by atoms with Gasteiger partial charge in [-0.1, -0.05) is 36.3 Å². The lowest BCUT2D eigenvalue weighted by atomic mass is 10.1. The van der Waals surface area contributed by atoms with Crippen molar-refractivity contribution < 1.29 is 9.53 Å². The molecule has 0 amide bonds. The van der Waals surface area contributed by atoms with E-state index >= 15 is 0 Å². The van der Waals surface area contributed by atoms with Gasteiger partial charge in [0.25, 0.3) is 0 Å². The fraction of sp³-hybridized carbons (Fsp3) is 0.0435. The second-order valence-corrected chi connectivity index (χ2v) is 5.91. The monoisotopic (exact) mass is 337 g/mol. The number of carbonyl (C=O) groups excluding carboxylic acids is 1. The molecule has 3 aromatic carbocycles. The first-order valence-corrected chi connectivity index (χ1v) is 8.21. The van der Waals surface area contributed by atoms with Crippen molar-refractivity contribution in [3.8, 4) is 17.6 Å². The van der Waals surface area contributed by atoms with Crippen molar-refractivity contribution in [2.75, 3.05) is 7.11 Å². The maximum atomic E-state index is 11.4. The number of aromatic nitrogens is 1. The van der Waals surface area contributed by atoms with Gasteiger partial charge in [-0.3, -0.25) is 4.79 Å². The fourth-order valence-corrected chi connectivity index (χ4v) is 2.88. The number of hydrogen-bond acceptors (Lipinski definition) is 3. The van der Waals surface area contributed by atoms with Crippen LogP contribution in [-0.2, 0) is 0 Å². The van der Waals surface area contributed by atoms with Crippen LogP contribution >= 0.6 is 0 Å². The third kappa shape index (κ3) is 3.01. The van der Waals surface area contributed by atoms with Gasteiger partial charge >= 0.3 is 0 Å². The molecular weight excluding hydrogens is 322 g/mol.